The van der Waals surface area contributed by atoms with Crippen LogP contribution in [0.2, 0.25) is 0 Å². The molecule has 0 saturated heterocycles. The van der Waals surface area contributed by atoms with Gasteiger partial charge in [-0.25, -0.2) is 9.37 Å². The van der Waals surface area contributed by atoms with Gasteiger partial charge in [0.05, 0.1) is 0 Å². The highest BCUT2D eigenvalue weighted by Crippen LogP contribution is 2.25. The fourth-order valence-electron chi connectivity index (χ4n) is 1.64. The van der Waals surface area contributed by atoms with Crippen LogP contribution in [0.1, 0.15) is 11.1 Å². The van der Waals surface area contributed by atoms with Crippen molar-refractivity contribution in [3.05, 3.63) is 51.9 Å². The molecule has 1 heterocycles. The van der Waals surface area contributed by atoms with Gasteiger partial charge in [-0.05, 0) is 47.0 Å². The van der Waals surface area contributed by atoms with E-state index < -0.39 is 0 Å². The number of nitrogens with zero attached hydrogens (tertiary/aromatic N) is 1. The van der Waals surface area contributed by atoms with Crippen LogP contribution in [-0.2, 0) is 0 Å². The number of rotatable bonds is 2. The third kappa shape index (κ3) is 2.64. The topological polar surface area (TPSA) is 24.9 Å². The van der Waals surface area contributed by atoms with E-state index in [0.717, 1.165) is 16.8 Å². The van der Waals surface area contributed by atoms with Crippen molar-refractivity contribution >= 4 is 27.4 Å². The Morgan fingerprint density at radius 1 is 1.24 bits per heavy atom. The normalized spacial score (nSPS) is 10.4. The van der Waals surface area contributed by atoms with E-state index in [0.29, 0.717) is 4.47 Å². The predicted molar refractivity (Wildman–Crippen MR) is 71.1 cm³/mol. The molecule has 2 rings (SSSR count). The second-order valence-electron chi connectivity index (χ2n) is 3.88. The van der Waals surface area contributed by atoms with Gasteiger partial charge in [0, 0.05) is 16.4 Å². The maximum absolute atomic E-state index is 13.6. The summed E-state index contributed by atoms with van der Waals surface area (Å²) in [5, 5.41) is 3.03. The van der Waals surface area contributed by atoms with E-state index >= 15 is 0 Å². The molecule has 88 valence electrons. The lowest BCUT2D eigenvalue weighted by atomic mass is 10.1. The summed E-state index contributed by atoms with van der Waals surface area (Å²) in [6.07, 6.45) is 1.57. The summed E-state index contributed by atoms with van der Waals surface area (Å²) in [6.45, 7) is 3.96. The Morgan fingerprint density at radius 3 is 2.47 bits per heavy atom. The Kier molecular flexibility index (Phi) is 3.43. The fourth-order valence-corrected chi connectivity index (χ4v) is 1.94. The van der Waals surface area contributed by atoms with Crippen molar-refractivity contribution < 1.29 is 4.39 Å². The van der Waals surface area contributed by atoms with Crippen molar-refractivity contribution in [3.63, 3.8) is 0 Å². The molecule has 0 aliphatic rings. The zero-order valence-electron chi connectivity index (χ0n) is 9.59. The molecule has 1 aromatic carbocycles. The van der Waals surface area contributed by atoms with Crippen LogP contribution in [0.3, 0.4) is 0 Å². The third-order valence-electron chi connectivity index (χ3n) is 2.53. The minimum atomic E-state index is -0.373. The summed E-state index contributed by atoms with van der Waals surface area (Å²) in [5.41, 5.74) is 3.03. The number of aromatic nitrogens is 1. The summed E-state index contributed by atoms with van der Waals surface area (Å²) >= 11 is 3.18. The molecule has 0 bridgehead atoms. The summed E-state index contributed by atoms with van der Waals surface area (Å²) in [5.74, 6) is -0.132. The highest BCUT2D eigenvalue weighted by atomic mass is 79.9. The van der Waals surface area contributed by atoms with Crippen LogP contribution in [0.15, 0.2) is 34.9 Å². The molecule has 0 spiro atoms. The van der Waals surface area contributed by atoms with Gasteiger partial charge in [0.1, 0.15) is 0 Å². The van der Waals surface area contributed by atoms with Gasteiger partial charge in [-0.3, -0.25) is 0 Å². The van der Waals surface area contributed by atoms with Crippen molar-refractivity contribution in [3.8, 4) is 0 Å². The molecule has 17 heavy (non-hydrogen) atoms. The number of hydrogen-bond donors (Lipinski definition) is 1. The molecule has 0 fully saturated rings. The number of halogens is 2. The standard InChI is InChI=1S/C13H12BrFN2/c1-8-4-3-5-9(2)12(8)17-13-11(15)6-10(14)7-16-13/h3-7H,1-2H3,(H,16,17). The Labute approximate surface area is 108 Å². The van der Waals surface area contributed by atoms with E-state index in [1.54, 1.807) is 6.20 Å². The van der Waals surface area contributed by atoms with Crippen LogP contribution < -0.4 is 5.32 Å². The molecular formula is C13H12BrFN2. The maximum atomic E-state index is 13.6. The fraction of sp³-hybridized carbons (Fsp3) is 0.154. The molecule has 0 amide bonds. The quantitative estimate of drug-likeness (QED) is 0.891. The molecule has 0 atom stereocenters. The molecule has 0 aliphatic heterocycles. The smallest absolute Gasteiger partial charge is 0.166 e. The summed E-state index contributed by atoms with van der Waals surface area (Å²) in [4.78, 5) is 4.02. The summed E-state index contributed by atoms with van der Waals surface area (Å²) in [6, 6.07) is 7.32. The van der Waals surface area contributed by atoms with Crippen molar-refractivity contribution in [1.29, 1.82) is 0 Å². The lowest BCUT2D eigenvalue weighted by Crippen LogP contribution is -2.00. The monoisotopic (exact) mass is 294 g/mol. The summed E-state index contributed by atoms with van der Waals surface area (Å²) < 4.78 is 14.3. The SMILES string of the molecule is Cc1cccc(C)c1Nc1ncc(Br)cc1F. The first kappa shape index (κ1) is 12.0. The van der Waals surface area contributed by atoms with E-state index in [1.165, 1.54) is 6.07 Å². The highest BCUT2D eigenvalue weighted by molar-refractivity contribution is 9.10. The molecule has 1 aromatic heterocycles. The number of pyridine rings is 1. The Hall–Kier alpha value is -1.42. The number of anilines is 2. The molecular weight excluding hydrogens is 283 g/mol. The number of hydrogen-bond acceptors (Lipinski definition) is 2. The second-order valence-corrected chi connectivity index (χ2v) is 4.79. The van der Waals surface area contributed by atoms with Gasteiger partial charge in [0.2, 0.25) is 0 Å². The van der Waals surface area contributed by atoms with Crippen LogP contribution in [0.4, 0.5) is 15.9 Å². The first-order valence-electron chi connectivity index (χ1n) is 5.22. The Balaban J connectivity index is 2.38. The van der Waals surface area contributed by atoms with Crippen LogP contribution in [0, 0.1) is 19.7 Å². The van der Waals surface area contributed by atoms with Crippen LogP contribution in [0.25, 0.3) is 0 Å². The average molecular weight is 295 g/mol. The summed E-state index contributed by atoms with van der Waals surface area (Å²) in [7, 11) is 0. The average Bonchev–Trinajstić information content (AvgIpc) is 2.26. The van der Waals surface area contributed by atoms with Gasteiger partial charge in [0.25, 0.3) is 0 Å². The third-order valence-corrected chi connectivity index (χ3v) is 2.97. The zero-order chi connectivity index (χ0) is 12.4. The van der Waals surface area contributed by atoms with Crippen molar-refractivity contribution in [2.45, 2.75) is 13.8 Å². The van der Waals surface area contributed by atoms with Gasteiger partial charge in [0.15, 0.2) is 11.6 Å². The lowest BCUT2D eigenvalue weighted by Gasteiger charge is -2.12. The maximum Gasteiger partial charge on any atom is 0.166 e. The largest absolute Gasteiger partial charge is 0.337 e. The highest BCUT2D eigenvalue weighted by Gasteiger charge is 2.08. The number of para-hydroxylation sites is 1. The van der Waals surface area contributed by atoms with Gasteiger partial charge < -0.3 is 5.32 Å². The lowest BCUT2D eigenvalue weighted by molar-refractivity contribution is 0.625. The number of benzene rings is 1. The predicted octanol–water partition coefficient (Wildman–Crippen LogP) is 4.34. The van der Waals surface area contributed by atoms with Gasteiger partial charge in [-0.15, -0.1) is 0 Å². The molecule has 0 radical (unpaired) electrons. The van der Waals surface area contributed by atoms with Crippen molar-refractivity contribution in [1.82, 2.24) is 4.98 Å². The Morgan fingerprint density at radius 2 is 1.88 bits per heavy atom. The van der Waals surface area contributed by atoms with Crippen LogP contribution in [-0.4, -0.2) is 4.98 Å². The first-order valence-corrected chi connectivity index (χ1v) is 6.01. The zero-order valence-corrected chi connectivity index (χ0v) is 11.2. The Bertz CT molecular complexity index is 535. The molecule has 0 aliphatic carbocycles. The van der Waals surface area contributed by atoms with E-state index in [2.05, 4.69) is 26.2 Å². The van der Waals surface area contributed by atoms with E-state index in [-0.39, 0.29) is 11.6 Å². The van der Waals surface area contributed by atoms with E-state index in [4.69, 9.17) is 0 Å². The first-order chi connectivity index (χ1) is 8.08. The molecule has 2 nitrogen and oxygen atoms in total. The van der Waals surface area contributed by atoms with Gasteiger partial charge >= 0.3 is 0 Å². The minimum Gasteiger partial charge on any atom is -0.337 e. The molecule has 2 aromatic rings. The molecule has 4 heteroatoms. The number of aryl methyl sites for hydroxylation is 2. The molecule has 1 N–H and O–H groups in total. The molecule has 0 saturated carbocycles. The van der Waals surface area contributed by atoms with E-state index in [1.807, 2.05) is 32.0 Å². The van der Waals surface area contributed by atoms with Gasteiger partial charge in [-0.2, -0.15) is 0 Å². The van der Waals surface area contributed by atoms with Crippen molar-refractivity contribution in [2.75, 3.05) is 5.32 Å². The van der Waals surface area contributed by atoms with E-state index in [9.17, 15) is 4.39 Å². The van der Waals surface area contributed by atoms with Gasteiger partial charge in [-0.1, -0.05) is 18.2 Å². The minimum absolute atomic E-state index is 0.241. The van der Waals surface area contributed by atoms with Crippen molar-refractivity contribution in [2.24, 2.45) is 0 Å². The van der Waals surface area contributed by atoms with Crippen LogP contribution >= 0.6 is 15.9 Å². The van der Waals surface area contributed by atoms with Crippen LogP contribution in [0.5, 0.6) is 0 Å². The second kappa shape index (κ2) is 4.84. The number of nitrogens with one attached hydrogen (secondary N) is 1. The molecule has 0 unspecified atom stereocenters.